The second kappa shape index (κ2) is 12.4. The number of rotatable bonds is 9. The van der Waals surface area contributed by atoms with Gasteiger partial charge in [-0.05, 0) is 68.1 Å². The van der Waals surface area contributed by atoms with Gasteiger partial charge in [-0.1, -0.05) is 56.3 Å². The maximum absolute atomic E-state index is 13.1. The Labute approximate surface area is 235 Å². The molecule has 3 aromatic carbocycles. The van der Waals surface area contributed by atoms with Crippen LogP contribution in [0.2, 0.25) is 0 Å². The van der Waals surface area contributed by atoms with Crippen molar-refractivity contribution in [2.75, 3.05) is 11.9 Å². The number of carbonyl (C=O) groups excluding carboxylic acids is 2. The number of aromatic carboxylic acids is 1. The van der Waals surface area contributed by atoms with E-state index in [0.717, 1.165) is 0 Å². The number of nitrogens with one attached hydrogen (secondary N) is 2. The van der Waals surface area contributed by atoms with E-state index in [-0.39, 0.29) is 22.9 Å². The molecule has 0 fully saturated rings. The van der Waals surface area contributed by atoms with Crippen molar-refractivity contribution in [3.05, 3.63) is 83.9 Å². The van der Waals surface area contributed by atoms with Gasteiger partial charge in [-0.15, -0.1) is 0 Å². The van der Waals surface area contributed by atoms with Gasteiger partial charge in [-0.3, -0.25) is 9.59 Å². The van der Waals surface area contributed by atoms with Crippen LogP contribution in [0, 0.1) is 5.92 Å². The highest BCUT2D eigenvalue weighted by molar-refractivity contribution is 7.89. The summed E-state index contributed by atoms with van der Waals surface area (Å²) in [6.45, 7) is 9.51. The normalized spacial score (nSPS) is 11.8. The first-order valence-electron chi connectivity index (χ1n) is 12.8. The van der Waals surface area contributed by atoms with Crippen molar-refractivity contribution in [3.8, 4) is 11.1 Å². The topological polar surface area (TPSA) is 133 Å². The van der Waals surface area contributed by atoms with Crippen LogP contribution in [0.25, 0.3) is 11.1 Å². The van der Waals surface area contributed by atoms with Gasteiger partial charge in [0.05, 0.1) is 10.5 Å². The van der Waals surface area contributed by atoms with Gasteiger partial charge in [-0.25, -0.2) is 17.9 Å². The molecule has 0 aliphatic heterocycles. The summed E-state index contributed by atoms with van der Waals surface area (Å²) >= 11 is 0. The summed E-state index contributed by atoms with van der Waals surface area (Å²) in [6.07, 6.45) is 0. The lowest BCUT2D eigenvalue weighted by Gasteiger charge is -2.24. The number of hydrogen-bond donors (Lipinski definition) is 3. The van der Waals surface area contributed by atoms with Crippen molar-refractivity contribution in [3.63, 3.8) is 0 Å². The molecule has 10 heteroatoms. The van der Waals surface area contributed by atoms with E-state index in [4.69, 9.17) is 0 Å². The summed E-state index contributed by atoms with van der Waals surface area (Å²) in [7, 11) is -3.79. The van der Waals surface area contributed by atoms with Crippen LogP contribution in [0.1, 0.15) is 50.5 Å². The molecule has 0 aliphatic carbocycles. The minimum absolute atomic E-state index is 0.0720. The molecule has 0 atom stereocenters. The van der Waals surface area contributed by atoms with Crippen molar-refractivity contribution >= 4 is 33.5 Å². The monoisotopic (exact) mass is 565 g/mol. The standard InChI is InChI=1S/C30H35N3O6S/c1-20(2)18-33(19-21-9-8-10-23(17-21)29(36)37)28(35)27(34)31-24-15-13-22(14-16-24)25-11-6-7-12-26(25)40(38,39)32-30(3,4)5/h6-17,20,32H,18-19H2,1-5H3,(H,31,34)(H,36,37). The first-order chi connectivity index (χ1) is 18.7. The number of benzene rings is 3. The molecule has 0 bridgehead atoms. The van der Waals surface area contributed by atoms with Crippen LogP contribution in [0.4, 0.5) is 5.69 Å². The fraction of sp³-hybridized carbons (Fsp3) is 0.300. The van der Waals surface area contributed by atoms with E-state index in [9.17, 15) is 27.9 Å². The summed E-state index contributed by atoms with van der Waals surface area (Å²) in [5.41, 5.74) is 1.53. The molecular weight excluding hydrogens is 530 g/mol. The maximum atomic E-state index is 13.1. The van der Waals surface area contributed by atoms with Crippen LogP contribution >= 0.6 is 0 Å². The average molecular weight is 566 g/mol. The summed E-state index contributed by atoms with van der Waals surface area (Å²) in [4.78, 5) is 38.8. The first-order valence-corrected chi connectivity index (χ1v) is 14.3. The molecule has 3 N–H and O–H groups in total. The van der Waals surface area contributed by atoms with E-state index in [1.165, 1.54) is 23.1 Å². The largest absolute Gasteiger partial charge is 0.478 e. The van der Waals surface area contributed by atoms with E-state index in [2.05, 4.69) is 10.0 Å². The third-order valence-corrected chi connectivity index (χ3v) is 7.50. The quantitative estimate of drug-likeness (QED) is 0.321. The Hall–Kier alpha value is -4.02. The number of carbonyl (C=O) groups is 3. The smallest absolute Gasteiger partial charge is 0.335 e. The van der Waals surface area contributed by atoms with Crippen LogP contribution in [0.15, 0.2) is 77.7 Å². The van der Waals surface area contributed by atoms with Gasteiger partial charge in [0, 0.05) is 29.9 Å². The summed E-state index contributed by atoms with van der Waals surface area (Å²) in [5.74, 6) is -2.58. The lowest BCUT2D eigenvalue weighted by molar-refractivity contribution is -0.143. The Morgan fingerprint density at radius 3 is 2.17 bits per heavy atom. The summed E-state index contributed by atoms with van der Waals surface area (Å²) in [6, 6.07) is 19.4. The number of carboxylic acid groups (broad SMARTS) is 1. The highest BCUT2D eigenvalue weighted by Gasteiger charge is 2.26. The van der Waals surface area contributed by atoms with Crippen LogP contribution < -0.4 is 10.0 Å². The maximum Gasteiger partial charge on any atom is 0.335 e. The Kier molecular flexibility index (Phi) is 9.49. The number of carboxylic acids is 1. The molecule has 0 radical (unpaired) electrons. The second-order valence-electron chi connectivity index (χ2n) is 11.0. The Bertz CT molecular complexity index is 1490. The third-order valence-electron chi connectivity index (χ3n) is 5.69. The molecule has 0 aromatic heterocycles. The predicted molar refractivity (Wildman–Crippen MR) is 154 cm³/mol. The van der Waals surface area contributed by atoms with E-state index in [1.54, 1.807) is 75.4 Å². The van der Waals surface area contributed by atoms with E-state index in [1.807, 2.05) is 13.8 Å². The van der Waals surface area contributed by atoms with Crippen molar-refractivity contribution in [2.45, 2.75) is 51.6 Å². The highest BCUT2D eigenvalue weighted by Crippen LogP contribution is 2.29. The van der Waals surface area contributed by atoms with Gasteiger partial charge in [0.25, 0.3) is 0 Å². The van der Waals surface area contributed by atoms with Crippen molar-refractivity contribution < 1.29 is 27.9 Å². The average Bonchev–Trinajstić information content (AvgIpc) is 2.87. The number of hydrogen-bond acceptors (Lipinski definition) is 5. The lowest BCUT2D eigenvalue weighted by atomic mass is 10.1. The second-order valence-corrected chi connectivity index (χ2v) is 12.6. The van der Waals surface area contributed by atoms with Crippen molar-refractivity contribution in [1.29, 1.82) is 0 Å². The van der Waals surface area contributed by atoms with Crippen molar-refractivity contribution in [1.82, 2.24) is 9.62 Å². The predicted octanol–water partition coefficient (Wildman–Crippen LogP) is 4.75. The molecule has 0 saturated heterocycles. The molecule has 2 amide bonds. The zero-order valence-electron chi connectivity index (χ0n) is 23.3. The minimum Gasteiger partial charge on any atom is -0.478 e. The molecule has 212 valence electrons. The van der Waals surface area contributed by atoms with Crippen LogP contribution in [0.5, 0.6) is 0 Å². The number of amides is 2. The van der Waals surface area contributed by atoms with Gasteiger partial charge in [-0.2, -0.15) is 0 Å². The molecule has 0 spiro atoms. The zero-order chi connectivity index (χ0) is 29.7. The zero-order valence-corrected chi connectivity index (χ0v) is 24.1. The fourth-order valence-corrected chi connectivity index (χ4v) is 5.79. The number of sulfonamides is 1. The fourth-order valence-electron chi connectivity index (χ4n) is 4.14. The number of anilines is 1. The third kappa shape index (κ3) is 8.24. The Morgan fingerprint density at radius 1 is 0.925 bits per heavy atom. The lowest BCUT2D eigenvalue weighted by Crippen LogP contribution is -2.41. The van der Waals surface area contributed by atoms with Crippen LogP contribution in [-0.2, 0) is 26.2 Å². The van der Waals surface area contributed by atoms with Gasteiger partial charge >= 0.3 is 17.8 Å². The summed E-state index contributed by atoms with van der Waals surface area (Å²) < 4.78 is 28.7. The highest BCUT2D eigenvalue weighted by atomic mass is 32.2. The molecule has 0 unspecified atom stereocenters. The van der Waals surface area contributed by atoms with E-state index >= 15 is 0 Å². The molecule has 3 aromatic rings. The SMILES string of the molecule is CC(C)CN(Cc1cccc(C(=O)O)c1)C(=O)C(=O)Nc1ccc(-c2ccccc2S(=O)(=O)NC(C)(C)C)cc1. The Morgan fingerprint density at radius 2 is 1.57 bits per heavy atom. The molecule has 9 nitrogen and oxygen atoms in total. The van der Waals surface area contributed by atoms with Crippen LogP contribution in [-0.4, -0.2) is 48.3 Å². The summed E-state index contributed by atoms with van der Waals surface area (Å²) in [5, 5.41) is 11.9. The van der Waals surface area contributed by atoms with Gasteiger partial charge in [0.2, 0.25) is 10.0 Å². The molecule has 0 heterocycles. The van der Waals surface area contributed by atoms with Crippen molar-refractivity contribution in [2.24, 2.45) is 5.92 Å². The van der Waals surface area contributed by atoms with E-state index in [0.29, 0.717) is 28.9 Å². The number of nitrogens with zero attached hydrogens (tertiary/aromatic N) is 1. The van der Waals surface area contributed by atoms with Gasteiger partial charge in [0.1, 0.15) is 0 Å². The van der Waals surface area contributed by atoms with Crippen LogP contribution in [0.3, 0.4) is 0 Å². The molecule has 40 heavy (non-hydrogen) atoms. The molecule has 3 rings (SSSR count). The first kappa shape index (κ1) is 30.5. The Balaban J connectivity index is 1.79. The van der Waals surface area contributed by atoms with E-state index < -0.39 is 33.3 Å². The van der Waals surface area contributed by atoms with Gasteiger partial charge in [0.15, 0.2) is 0 Å². The molecular formula is C30H35N3O6S. The molecule has 0 aliphatic rings. The molecule has 0 saturated carbocycles. The van der Waals surface area contributed by atoms with Gasteiger partial charge < -0.3 is 15.3 Å². The minimum atomic E-state index is -3.79.